The molecule has 1 aromatic carbocycles. The van der Waals surface area contributed by atoms with E-state index in [4.69, 9.17) is 9.47 Å². The second kappa shape index (κ2) is 7.56. The average molecular weight is 364 g/mol. The second-order valence-electron chi connectivity index (χ2n) is 6.36. The van der Waals surface area contributed by atoms with Crippen LogP contribution in [0.25, 0.3) is 0 Å². The van der Waals surface area contributed by atoms with E-state index in [1.54, 1.807) is 30.9 Å². The van der Waals surface area contributed by atoms with Gasteiger partial charge >= 0.3 is 0 Å². The summed E-state index contributed by atoms with van der Waals surface area (Å²) in [6.07, 6.45) is 2.44. The smallest absolute Gasteiger partial charge is 0.236 e. The molecule has 1 N–H and O–H groups in total. The molecule has 7 heteroatoms. The summed E-state index contributed by atoms with van der Waals surface area (Å²) in [4.78, 5) is 26.4. The SMILES string of the molecule is COc1ccc(OC)c([C@@H]2S[C@@H](C)C(=O)N2CCC(=O)NC2CC2)c1. The van der Waals surface area contributed by atoms with Crippen molar-refractivity contribution >= 4 is 23.6 Å². The van der Waals surface area contributed by atoms with Crippen LogP contribution in [-0.4, -0.2) is 48.8 Å². The molecule has 1 aliphatic carbocycles. The fraction of sp³-hybridized carbons (Fsp3) is 0.556. The van der Waals surface area contributed by atoms with Crippen molar-refractivity contribution in [3.63, 3.8) is 0 Å². The van der Waals surface area contributed by atoms with E-state index in [1.807, 2.05) is 25.1 Å². The Labute approximate surface area is 152 Å². The number of carbonyl (C=O) groups excluding carboxylic acids is 2. The molecule has 136 valence electrons. The van der Waals surface area contributed by atoms with Gasteiger partial charge in [0.25, 0.3) is 0 Å². The third-order valence-corrected chi connectivity index (χ3v) is 5.85. The van der Waals surface area contributed by atoms with Crippen LogP contribution in [0, 0.1) is 0 Å². The quantitative estimate of drug-likeness (QED) is 0.804. The maximum absolute atomic E-state index is 12.6. The molecular formula is C18H24N2O4S. The van der Waals surface area contributed by atoms with Gasteiger partial charge in [-0.2, -0.15) is 0 Å². The van der Waals surface area contributed by atoms with Crippen LogP contribution in [0.15, 0.2) is 18.2 Å². The molecule has 2 amide bonds. The van der Waals surface area contributed by atoms with Crippen molar-refractivity contribution in [2.75, 3.05) is 20.8 Å². The van der Waals surface area contributed by atoms with Crippen LogP contribution in [0.2, 0.25) is 0 Å². The zero-order valence-electron chi connectivity index (χ0n) is 14.8. The van der Waals surface area contributed by atoms with Gasteiger partial charge in [0, 0.05) is 24.6 Å². The van der Waals surface area contributed by atoms with E-state index < -0.39 is 0 Å². The summed E-state index contributed by atoms with van der Waals surface area (Å²) in [6.45, 7) is 2.30. The maximum atomic E-state index is 12.6. The zero-order chi connectivity index (χ0) is 18.0. The first-order chi connectivity index (χ1) is 12.0. The van der Waals surface area contributed by atoms with Crippen molar-refractivity contribution < 1.29 is 19.1 Å². The van der Waals surface area contributed by atoms with Crippen LogP contribution < -0.4 is 14.8 Å². The zero-order valence-corrected chi connectivity index (χ0v) is 15.6. The summed E-state index contributed by atoms with van der Waals surface area (Å²) in [6, 6.07) is 5.92. The number of hydrogen-bond acceptors (Lipinski definition) is 5. The van der Waals surface area contributed by atoms with Gasteiger partial charge in [-0.15, -0.1) is 11.8 Å². The molecule has 1 aromatic rings. The lowest BCUT2D eigenvalue weighted by Crippen LogP contribution is -2.35. The van der Waals surface area contributed by atoms with Crippen LogP contribution in [0.1, 0.15) is 37.1 Å². The number of nitrogens with zero attached hydrogens (tertiary/aromatic N) is 1. The normalized spacial score (nSPS) is 22.8. The largest absolute Gasteiger partial charge is 0.497 e. The predicted molar refractivity (Wildman–Crippen MR) is 96.8 cm³/mol. The van der Waals surface area contributed by atoms with Gasteiger partial charge in [0.2, 0.25) is 11.8 Å². The van der Waals surface area contributed by atoms with Gasteiger partial charge in [-0.1, -0.05) is 0 Å². The summed E-state index contributed by atoms with van der Waals surface area (Å²) in [5.74, 6) is 1.50. The maximum Gasteiger partial charge on any atom is 0.236 e. The Balaban J connectivity index is 1.77. The molecule has 3 rings (SSSR count). The topological polar surface area (TPSA) is 67.9 Å². The van der Waals surface area contributed by atoms with Crippen LogP contribution in [-0.2, 0) is 9.59 Å². The highest BCUT2D eigenvalue weighted by Gasteiger charge is 2.40. The number of amides is 2. The molecular weight excluding hydrogens is 340 g/mol. The lowest BCUT2D eigenvalue weighted by Gasteiger charge is -2.25. The Morgan fingerprint density at radius 1 is 1.32 bits per heavy atom. The molecule has 0 radical (unpaired) electrons. The minimum absolute atomic E-state index is 0.0104. The summed E-state index contributed by atoms with van der Waals surface area (Å²) in [5, 5.41) is 2.65. The van der Waals surface area contributed by atoms with Gasteiger partial charge in [-0.25, -0.2) is 0 Å². The van der Waals surface area contributed by atoms with Crippen molar-refractivity contribution in [1.82, 2.24) is 10.2 Å². The van der Waals surface area contributed by atoms with Crippen LogP contribution >= 0.6 is 11.8 Å². The van der Waals surface area contributed by atoms with E-state index in [9.17, 15) is 9.59 Å². The summed E-state index contributed by atoms with van der Waals surface area (Å²) >= 11 is 1.57. The van der Waals surface area contributed by atoms with Crippen molar-refractivity contribution in [3.8, 4) is 11.5 Å². The van der Waals surface area contributed by atoms with Crippen molar-refractivity contribution in [2.45, 2.75) is 42.9 Å². The number of methoxy groups -OCH3 is 2. The molecule has 0 unspecified atom stereocenters. The number of rotatable bonds is 7. The molecule has 25 heavy (non-hydrogen) atoms. The molecule has 0 spiro atoms. The molecule has 2 aliphatic rings. The fourth-order valence-electron chi connectivity index (χ4n) is 2.92. The Morgan fingerprint density at radius 3 is 2.72 bits per heavy atom. The van der Waals surface area contributed by atoms with Crippen LogP contribution in [0.4, 0.5) is 0 Å². The lowest BCUT2D eigenvalue weighted by atomic mass is 10.1. The van der Waals surface area contributed by atoms with Crippen molar-refractivity contribution in [1.29, 1.82) is 0 Å². The monoisotopic (exact) mass is 364 g/mol. The molecule has 6 nitrogen and oxygen atoms in total. The molecule has 2 fully saturated rings. The molecule has 0 aromatic heterocycles. The summed E-state index contributed by atoms with van der Waals surface area (Å²) < 4.78 is 10.8. The first-order valence-corrected chi connectivity index (χ1v) is 9.45. The second-order valence-corrected chi connectivity index (χ2v) is 7.79. The summed E-state index contributed by atoms with van der Waals surface area (Å²) in [7, 11) is 3.23. The molecule has 1 saturated carbocycles. The molecule has 2 atom stereocenters. The van der Waals surface area contributed by atoms with Crippen molar-refractivity contribution in [2.24, 2.45) is 0 Å². The van der Waals surface area contributed by atoms with Crippen LogP contribution in [0.5, 0.6) is 11.5 Å². The van der Waals surface area contributed by atoms with Gasteiger partial charge in [-0.3, -0.25) is 9.59 Å². The number of carbonyl (C=O) groups is 2. The van der Waals surface area contributed by atoms with E-state index in [1.165, 1.54) is 0 Å². The minimum atomic E-state index is -0.179. The van der Waals surface area contributed by atoms with E-state index in [-0.39, 0.29) is 22.4 Å². The summed E-state index contributed by atoms with van der Waals surface area (Å²) in [5.41, 5.74) is 0.896. The number of thioether (sulfide) groups is 1. The first kappa shape index (κ1) is 17.9. The highest BCUT2D eigenvalue weighted by Crippen LogP contribution is 2.46. The molecule has 1 saturated heterocycles. The number of ether oxygens (including phenoxy) is 2. The minimum Gasteiger partial charge on any atom is -0.497 e. The Morgan fingerprint density at radius 2 is 2.08 bits per heavy atom. The van der Waals surface area contributed by atoms with Gasteiger partial charge < -0.3 is 19.7 Å². The Hall–Kier alpha value is -1.89. The third kappa shape index (κ3) is 4.03. The van der Waals surface area contributed by atoms with Gasteiger partial charge in [0.1, 0.15) is 16.9 Å². The molecule has 1 aliphatic heterocycles. The van der Waals surface area contributed by atoms with Crippen molar-refractivity contribution in [3.05, 3.63) is 23.8 Å². The van der Waals surface area contributed by atoms with Gasteiger partial charge in [0.15, 0.2) is 0 Å². The first-order valence-electron chi connectivity index (χ1n) is 8.50. The Bertz CT molecular complexity index is 662. The highest BCUT2D eigenvalue weighted by atomic mass is 32.2. The highest BCUT2D eigenvalue weighted by molar-refractivity contribution is 8.01. The van der Waals surface area contributed by atoms with Gasteiger partial charge in [0.05, 0.1) is 19.5 Å². The van der Waals surface area contributed by atoms with E-state index >= 15 is 0 Å². The standard InChI is InChI=1S/C18H24N2O4S/c1-11-17(22)20(9-8-16(21)19-12-4-5-12)18(25-11)14-10-13(23-2)6-7-15(14)24-3/h6-7,10-12,18H,4-5,8-9H2,1-3H3,(H,19,21)/t11-,18-/m0/s1. The fourth-order valence-corrected chi connectivity index (χ4v) is 4.25. The van der Waals surface area contributed by atoms with Gasteiger partial charge in [-0.05, 0) is 38.0 Å². The number of benzene rings is 1. The third-order valence-electron chi connectivity index (χ3n) is 4.47. The van der Waals surface area contributed by atoms with E-state index in [2.05, 4.69) is 5.32 Å². The molecule has 0 bridgehead atoms. The lowest BCUT2D eigenvalue weighted by molar-refractivity contribution is -0.130. The average Bonchev–Trinajstić information content (AvgIpc) is 3.38. The van der Waals surface area contributed by atoms with Crippen LogP contribution in [0.3, 0.4) is 0 Å². The molecule has 1 heterocycles. The number of nitrogens with one attached hydrogen (secondary N) is 1. The van der Waals surface area contributed by atoms with E-state index in [0.29, 0.717) is 24.8 Å². The predicted octanol–water partition coefficient (Wildman–Crippen LogP) is 2.33. The number of hydrogen-bond donors (Lipinski definition) is 1. The van der Waals surface area contributed by atoms with E-state index in [0.717, 1.165) is 24.2 Å². The Kier molecular flexibility index (Phi) is 5.42.